The first-order valence-corrected chi connectivity index (χ1v) is 15.7. The molecule has 2 fully saturated rings. The summed E-state index contributed by atoms with van der Waals surface area (Å²) in [5.74, 6) is -0.695. The lowest BCUT2D eigenvalue weighted by Crippen LogP contribution is -2.38. The van der Waals surface area contributed by atoms with Gasteiger partial charge in [0.2, 0.25) is 0 Å². The van der Waals surface area contributed by atoms with Crippen molar-refractivity contribution in [2.45, 2.75) is 90.3 Å². The molecule has 11 heteroatoms. The quantitative estimate of drug-likeness (QED) is 0.313. The number of hydrogen-bond donors (Lipinski definition) is 1. The van der Waals surface area contributed by atoms with E-state index in [9.17, 15) is 9.59 Å². The maximum atomic E-state index is 14.2. The second-order valence-electron chi connectivity index (χ2n) is 12.0. The van der Waals surface area contributed by atoms with E-state index in [1.54, 1.807) is 6.20 Å². The molecule has 41 heavy (non-hydrogen) atoms. The number of halogens is 1. The summed E-state index contributed by atoms with van der Waals surface area (Å²) in [5, 5.41) is 7.38. The maximum absolute atomic E-state index is 14.2. The monoisotopic (exact) mass is 680 g/mol. The third-order valence-corrected chi connectivity index (χ3v) is 8.65. The highest BCUT2D eigenvalue weighted by Gasteiger charge is 2.40. The average molecular weight is 681 g/mol. The minimum atomic E-state index is -0.574. The molecule has 1 spiro atoms. The van der Waals surface area contributed by atoms with E-state index in [0.29, 0.717) is 51.3 Å². The van der Waals surface area contributed by atoms with Gasteiger partial charge >= 0.3 is 6.09 Å². The number of rotatable bonds is 7. The summed E-state index contributed by atoms with van der Waals surface area (Å²) in [5.41, 5.74) is 4.00. The van der Waals surface area contributed by atoms with E-state index in [2.05, 4.69) is 45.1 Å². The Kier molecular flexibility index (Phi) is 9.27. The Hall–Kier alpha value is -2.22. The van der Waals surface area contributed by atoms with Gasteiger partial charge in [-0.05, 0) is 106 Å². The molecule has 1 aromatic heterocycles. The third kappa shape index (κ3) is 7.06. The summed E-state index contributed by atoms with van der Waals surface area (Å²) in [4.78, 5) is 28.2. The number of anilines is 1. The molecule has 5 rings (SSSR count). The van der Waals surface area contributed by atoms with Crippen molar-refractivity contribution in [1.82, 2.24) is 15.1 Å². The number of fused-ring (bicyclic) bond motifs is 1. The lowest BCUT2D eigenvalue weighted by atomic mass is 9.87. The number of nitrogens with zero attached hydrogens (tertiary/aromatic N) is 3. The molecule has 1 atom stereocenters. The highest BCUT2D eigenvalue weighted by Crippen LogP contribution is 2.39. The van der Waals surface area contributed by atoms with Gasteiger partial charge in [0.25, 0.3) is 5.91 Å². The molecule has 1 aliphatic carbocycles. The molecule has 2 saturated heterocycles. The number of nitrogens with one attached hydrogen (secondary N) is 1. The van der Waals surface area contributed by atoms with Gasteiger partial charge in [0, 0.05) is 36.1 Å². The molecule has 0 radical (unpaired) electrons. The summed E-state index contributed by atoms with van der Waals surface area (Å²) >= 11 is 2.32. The molecule has 10 nitrogen and oxygen atoms in total. The molecule has 0 bridgehead atoms. The highest BCUT2D eigenvalue weighted by molar-refractivity contribution is 14.1. The largest absolute Gasteiger partial charge is 0.444 e. The van der Waals surface area contributed by atoms with Gasteiger partial charge in [0.1, 0.15) is 11.8 Å². The predicted octanol–water partition coefficient (Wildman–Crippen LogP) is 5.29. The molecule has 2 aromatic rings. The normalized spacial score (nSPS) is 20.1. The SMILES string of the molecule is Cc1c(C(=O)N(CCCNC(=O)OC(C)(C)C)c2cc3c(cc2I)CCC2(C3)OCCO2)cnn1C1CCCCO1. The molecule has 1 unspecified atom stereocenters. The van der Waals surface area contributed by atoms with E-state index >= 15 is 0 Å². The van der Waals surface area contributed by atoms with E-state index in [1.807, 2.05) is 37.3 Å². The van der Waals surface area contributed by atoms with Crippen LogP contribution in [0.3, 0.4) is 0 Å². The molecule has 0 saturated carbocycles. The maximum Gasteiger partial charge on any atom is 0.407 e. The van der Waals surface area contributed by atoms with Crippen molar-refractivity contribution in [3.63, 3.8) is 0 Å². The lowest BCUT2D eigenvalue weighted by molar-refractivity contribution is -0.163. The van der Waals surface area contributed by atoms with Gasteiger partial charge in [-0.2, -0.15) is 5.10 Å². The smallest absolute Gasteiger partial charge is 0.407 e. The van der Waals surface area contributed by atoms with Crippen molar-refractivity contribution in [3.8, 4) is 0 Å². The first-order valence-electron chi connectivity index (χ1n) is 14.6. The van der Waals surface area contributed by atoms with Gasteiger partial charge in [-0.25, -0.2) is 9.48 Å². The minimum absolute atomic E-state index is 0.126. The molecular formula is C30H41IN4O6. The van der Waals surface area contributed by atoms with Crippen LogP contribution in [0.5, 0.6) is 0 Å². The number of alkyl carbamates (subject to hydrolysis) is 1. The Morgan fingerprint density at radius 1 is 1.20 bits per heavy atom. The zero-order valence-corrected chi connectivity index (χ0v) is 26.6. The van der Waals surface area contributed by atoms with Crippen LogP contribution in [-0.2, 0) is 31.8 Å². The van der Waals surface area contributed by atoms with Gasteiger partial charge in [-0.3, -0.25) is 4.79 Å². The van der Waals surface area contributed by atoms with Crippen molar-refractivity contribution in [3.05, 3.63) is 44.3 Å². The fraction of sp³-hybridized carbons (Fsp3) is 0.633. The van der Waals surface area contributed by atoms with Crippen LogP contribution in [0, 0.1) is 10.5 Å². The second-order valence-corrected chi connectivity index (χ2v) is 13.2. The number of hydrogen-bond acceptors (Lipinski definition) is 7. The molecule has 2 aliphatic heterocycles. The molecule has 3 aliphatic rings. The molecule has 1 N–H and O–H groups in total. The standard InChI is InChI=1S/C30H41IN4O6/c1-20-23(19-33-35(20)26-8-5-6-13-38-26)27(36)34(12-7-11-32-28(37)41-29(2,3)4)25-17-22-18-30(39-14-15-40-30)10-9-21(22)16-24(25)31/h16-17,19,26H,5-15,18H2,1-4H3,(H,32,37). The first-order chi connectivity index (χ1) is 19.6. The van der Waals surface area contributed by atoms with E-state index < -0.39 is 17.5 Å². The van der Waals surface area contributed by atoms with Crippen LogP contribution in [0.4, 0.5) is 10.5 Å². The van der Waals surface area contributed by atoms with Gasteiger partial charge in [-0.1, -0.05) is 0 Å². The van der Waals surface area contributed by atoms with Gasteiger partial charge in [0.15, 0.2) is 5.79 Å². The van der Waals surface area contributed by atoms with E-state index in [1.165, 1.54) is 5.56 Å². The lowest BCUT2D eigenvalue weighted by Gasteiger charge is -2.34. The fourth-order valence-electron chi connectivity index (χ4n) is 5.76. The van der Waals surface area contributed by atoms with E-state index in [0.717, 1.165) is 52.6 Å². The van der Waals surface area contributed by atoms with Gasteiger partial charge in [-0.15, -0.1) is 0 Å². The van der Waals surface area contributed by atoms with Crippen LogP contribution in [0.2, 0.25) is 0 Å². The third-order valence-electron chi connectivity index (χ3n) is 7.78. The van der Waals surface area contributed by atoms with Gasteiger partial charge < -0.3 is 29.2 Å². The average Bonchev–Trinajstić information content (AvgIpc) is 3.54. The number of benzene rings is 1. The molecule has 224 valence electrons. The second kappa shape index (κ2) is 12.6. The number of aromatic nitrogens is 2. The van der Waals surface area contributed by atoms with Crippen LogP contribution in [0.1, 0.15) is 86.3 Å². The predicted molar refractivity (Wildman–Crippen MR) is 162 cm³/mol. The molecule has 2 amide bonds. The van der Waals surface area contributed by atoms with Crippen molar-refractivity contribution < 1.29 is 28.5 Å². The topological polar surface area (TPSA) is 104 Å². The fourth-order valence-corrected chi connectivity index (χ4v) is 6.58. The molecular weight excluding hydrogens is 639 g/mol. The van der Waals surface area contributed by atoms with Crippen LogP contribution in [-0.4, -0.2) is 66.1 Å². The van der Waals surface area contributed by atoms with Crippen molar-refractivity contribution >= 4 is 40.3 Å². The van der Waals surface area contributed by atoms with E-state index in [4.69, 9.17) is 18.9 Å². The van der Waals surface area contributed by atoms with Crippen LogP contribution >= 0.6 is 22.6 Å². The molecule has 3 heterocycles. The Morgan fingerprint density at radius 2 is 1.98 bits per heavy atom. The minimum Gasteiger partial charge on any atom is -0.444 e. The summed E-state index contributed by atoms with van der Waals surface area (Å²) in [7, 11) is 0. The van der Waals surface area contributed by atoms with Crippen LogP contribution in [0.25, 0.3) is 0 Å². The summed E-state index contributed by atoms with van der Waals surface area (Å²) < 4.78 is 26.2. The summed E-state index contributed by atoms with van der Waals surface area (Å²) in [6.07, 6.45) is 6.94. The Morgan fingerprint density at radius 3 is 2.68 bits per heavy atom. The van der Waals surface area contributed by atoms with Gasteiger partial charge in [0.05, 0.1) is 36.4 Å². The Labute approximate surface area is 255 Å². The number of carbonyl (C=O) groups is 2. The number of ether oxygens (including phenoxy) is 4. The van der Waals surface area contributed by atoms with Crippen molar-refractivity contribution in [2.75, 3.05) is 37.8 Å². The summed E-state index contributed by atoms with van der Waals surface area (Å²) in [6, 6.07) is 4.30. The van der Waals surface area contributed by atoms with Crippen LogP contribution in [0.15, 0.2) is 18.3 Å². The summed E-state index contributed by atoms with van der Waals surface area (Å²) in [6.45, 7) is 10.1. The highest BCUT2D eigenvalue weighted by atomic mass is 127. The zero-order valence-electron chi connectivity index (χ0n) is 24.5. The van der Waals surface area contributed by atoms with Crippen LogP contribution < -0.4 is 10.2 Å². The zero-order chi connectivity index (χ0) is 29.2. The number of carbonyl (C=O) groups excluding carboxylic acids is 2. The molecule has 1 aromatic carbocycles. The van der Waals surface area contributed by atoms with E-state index in [-0.39, 0.29) is 12.1 Å². The van der Waals surface area contributed by atoms with Crippen molar-refractivity contribution in [1.29, 1.82) is 0 Å². The Balaban J connectivity index is 1.40. The number of aryl methyl sites for hydroxylation is 1. The number of amides is 2. The van der Waals surface area contributed by atoms with Crippen molar-refractivity contribution in [2.24, 2.45) is 0 Å². The first kappa shape index (κ1) is 30.2. The Bertz CT molecular complexity index is 1260.